The van der Waals surface area contributed by atoms with Crippen LogP contribution in [0.1, 0.15) is 22.3 Å². The number of carbonyl (C=O) groups excluding carboxylic acids is 2. The smallest absolute Gasteiger partial charge is 0.228 e. The predicted molar refractivity (Wildman–Crippen MR) is 119 cm³/mol. The van der Waals surface area contributed by atoms with E-state index in [-0.39, 0.29) is 23.3 Å². The zero-order valence-electron chi connectivity index (χ0n) is 16.9. The van der Waals surface area contributed by atoms with Gasteiger partial charge in [-0.1, -0.05) is 41.9 Å². The number of anilines is 2. The van der Waals surface area contributed by atoms with Crippen LogP contribution in [0.5, 0.6) is 0 Å². The van der Waals surface area contributed by atoms with Crippen LogP contribution >= 0.6 is 11.6 Å². The van der Waals surface area contributed by atoms with E-state index in [0.29, 0.717) is 17.7 Å². The van der Waals surface area contributed by atoms with Crippen LogP contribution in [-0.2, 0) is 11.2 Å². The molecule has 1 heterocycles. The second-order valence-electron chi connectivity index (χ2n) is 7.17. The SMILES string of the molecule is CN(C)c1ccc(C(=O)C[C@@H](Cc2ccccc2)C(=O)Nc2cncnc2Cl)cc1. The Labute approximate surface area is 180 Å². The summed E-state index contributed by atoms with van der Waals surface area (Å²) in [5.41, 5.74) is 2.88. The molecule has 1 amide bonds. The summed E-state index contributed by atoms with van der Waals surface area (Å²) in [6.07, 6.45) is 3.25. The number of hydrogen-bond donors (Lipinski definition) is 1. The molecule has 0 aliphatic carbocycles. The Kier molecular flexibility index (Phi) is 7.14. The first-order valence-electron chi connectivity index (χ1n) is 9.55. The molecule has 1 aromatic heterocycles. The van der Waals surface area contributed by atoms with E-state index in [4.69, 9.17) is 11.6 Å². The van der Waals surface area contributed by atoms with Crippen molar-refractivity contribution in [1.29, 1.82) is 0 Å². The third-order valence-corrected chi connectivity index (χ3v) is 5.06. The van der Waals surface area contributed by atoms with Crippen LogP contribution in [0.2, 0.25) is 5.15 Å². The molecule has 30 heavy (non-hydrogen) atoms. The van der Waals surface area contributed by atoms with Crippen LogP contribution in [0.25, 0.3) is 0 Å². The van der Waals surface area contributed by atoms with Crippen molar-refractivity contribution in [2.75, 3.05) is 24.3 Å². The minimum atomic E-state index is -0.565. The molecule has 3 aromatic rings. The number of amides is 1. The first-order valence-corrected chi connectivity index (χ1v) is 9.92. The van der Waals surface area contributed by atoms with Crippen molar-refractivity contribution in [2.45, 2.75) is 12.8 Å². The summed E-state index contributed by atoms with van der Waals surface area (Å²) in [4.78, 5) is 35.6. The summed E-state index contributed by atoms with van der Waals surface area (Å²) in [6, 6.07) is 17.0. The van der Waals surface area contributed by atoms with E-state index in [1.807, 2.05) is 61.5 Å². The summed E-state index contributed by atoms with van der Waals surface area (Å²) >= 11 is 6.04. The Morgan fingerprint density at radius 2 is 1.77 bits per heavy atom. The maximum Gasteiger partial charge on any atom is 0.228 e. The van der Waals surface area contributed by atoms with Crippen molar-refractivity contribution in [3.8, 4) is 0 Å². The lowest BCUT2D eigenvalue weighted by atomic mass is 9.91. The molecule has 0 radical (unpaired) electrons. The van der Waals surface area contributed by atoms with Crippen LogP contribution in [-0.4, -0.2) is 35.8 Å². The van der Waals surface area contributed by atoms with Crippen LogP contribution in [0.3, 0.4) is 0 Å². The highest BCUT2D eigenvalue weighted by Gasteiger charge is 2.24. The molecule has 1 N–H and O–H groups in total. The molecule has 0 unspecified atom stereocenters. The maximum absolute atomic E-state index is 13.0. The Morgan fingerprint density at radius 1 is 1.07 bits per heavy atom. The first kappa shape index (κ1) is 21.5. The fraction of sp³-hybridized carbons (Fsp3) is 0.217. The summed E-state index contributed by atoms with van der Waals surface area (Å²) in [6.45, 7) is 0. The van der Waals surface area contributed by atoms with E-state index in [1.165, 1.54) is 12.5 Å². The van der Waals surface area contributed by atoms with E-state index in [9.17, 15) is 9.59 Å². The van der Waals surface area contributed by atoms with E-state index in [2.05, 4.69) is 15.3 Å². The molecule has 0 aliphatic heterocycles. The van der Waals surface area contributed by atoms with Gasteiger partial charge >= 0.3 is 0 Å². The molecule has 0 fully saturated rings. The third-order valence-electron chi connectivity index (χ3n) is 4.75. The van der Waals surface area contributed by atoms with E-state index in [1.54, 1.807) is 12.1 Å². The van der Waals surface area contributed by atoms with E-state index < -0.39 is 5.92 Å². The van der Waals surface area contributed by atoms with Crippen molar-refractivity contribution in [3.05, 3.63) is 83.4 Å². The van der Waals surface area contributed by atoms with E-state index in [0.717, 1.165) is 11.3 Å². The number of carbonyl (C=O) groups is 2. The molecule has 7 heteroatoms. The standard InChI is InChI=1S/C23H23ClN4O2/c1-28(2)19-10-8-17(9-11-19)21(29)13-18(12-16-6-4-3-5-7-16)23(30)27-20-14-25-15-26-22(20)24/h3-11,14-15,18H,12-13H2,1-2H3,(H,27,30)/t18-/m1/s1. The molecule has 0 saturated carbocycles. The number of Topliss-reactive ketones (excluding diaryl/α,β-unsaturated/α-hetero) is 1. The van der Waals surface area contributed by atoms with Gasteiger partial charge in [0.2, 0.25) is 5.91 Å². The highest BCUT2D eigenvalue weighted by atomic mass is 35.5. The molecule has 154 valence electrons. The predicted octanol–water partition coefficient (Wildman–Crippen LogP) is 4.27. The quantitative estimate of drug-likeness (QED) is 0.433. The third kappa shape index (κ3) is 5.64. The summed E-state index contributed by atoms with van der Waals surface area (Å²) in [5, 5.41) is 2.91. The van der Waals surface area contributed by atoms with Gasteiger partial charge in [-0.05, 0) is 36.2 Å². The minimum absolute atomic E-state index is 0.0767. The van der Waals surface area contributed by atoms with Crippen molar-refractivity contribution in [2.24, 2.45) is 5.92 Å². The number of rotatable bonds is 8. The minimum Gasteiger partial charge on any atom is -0.378 e. The van der Waals surface area contributed by atoms with Gasteiger partial charge in [-0.25, -0.2) is 9.97 Å². The number of nitrogens with one attached hydrogen (secondary N) is 1. The van der Waals surface area contributed by atoms with Gasteiger partial charge in [0.1, 0.15) is 6.33 Å². The molecule has 0 spiro atoms. The molecular formula is C23H23ClN4O2. The van der Waals surface area contributed by atoms with Gasteiger partial charge in [0.15, 0.2) is 10.9 Å². The fourth-order valence-electron chi connectivity index (χ4n) is 3.08. The van der Waals surface area contributed by atoms with Gasteiger partial charge in [-0.2, -0.15) is 0 Å². The number of halogens is 1. The normalized spacial score (nSPS) is 11.6. The number of ketones is 1. The highest BCUT2D eigenvalue weighted by molar-refractivity contribution is 6.32. The first-order chi connectivity index (χ1) is 14.4. The lowest BCUT2D eigenvalue weighted by Gasteiger charge is -2.17. The van der Waals surface area contributed by atoms with Crippen molar-refractivity contribution < 1.29 is 9.59 Å². The van der Waals surface area contributed by atoms with Crippen molar-refractivity contribution in [3.63, 3.8) is 0 Å². The molecule has 3 rings (SSSR count). The Bertz CT molecular complexity index is 1010. The second-order valence-corrected chi connectivity index (χ2v) is 7.53. The lowest BCUT2D eigenvalue weighted by molar-refractivity contribution is -0.119. The highest BCUT2D eigenvalue weighted by Crippen LogP contribution is 2.22. The molecule has 0 aliphatic rings. The van der Waals surface area contributed by atoms with Crippen LogP contribution in [0, 0.1) is 5.92 Å². The van der Waals surface area contributed by atoms with Crippen LogP contribution < -0.4 is 10.2 Å². The molecule has 6 nitrogen and oxygen atoms in total. The molecule has 0 bridgehead atoms. The summed E-state index contributed by atoms with van der Waals surface area (Å²) < 4.78 is 0. The van der Waals surface area contributed by atoms with Gasteiger partial charge in [0.25, 0.3) is 0 Å². The number of benzene rings is 2. The van der Waals surface area contributed by atoms with E-state index >= 15 is 0 Å². The van der Waals surface area contributed by atoms with Crippen molar-refractivity contribution in [1.82, 2.24) is 9.97 Å². The van der Waals surface area contributed by atoms with Crippen molar-refractivity contribution >= 4 is 34.7 Å². The number of aromatic nitrogens is 2. The topological polar surface area (TPSA) is 75.2 Å². The summed E-state index contributed by atoms with van der Waals surface area (Å²) in [7, 11) is 3.88. The zero-order valence-corrected chi connectivity index (χ0v) is 17.6. The fourth-order valence-corrected chi connectivity index (χ4v) is 3.22. The number of hydrogen-bond acceptors (Lipinski definition) is 5. The molecular weight excluding hydrogens is 400 g/mol. The molecule has 0 saturated heterocycles. The summed E-state index contributed by atoms with van der Waals surface area (Å²) in [5.74, 6) is -0.953. The second kappa shape index (κ2) is 9.98. The van der Waals surface area contributed by atoms with Gasteiger partial charge < -0.3 is 10.2 Å². The largest absolute Gasteiger partial charge is 0.378 e. The molecule has 1 atom stereocenters. The lowest BCUT2D eigenvalue weighted by Crippen LogP contribution is -2.27. The maximum atomic E-state index is 13.0. The zero-order chi connectivity index (χ0) is 21.5. The average molecular weight is 423 g/mol. The Morgan fingerprint density at radius 3 is 2.40 bits per heavy atom. The average Bonchev–Trinajstić information content (AvgIpc) is 2.75. The molecule has 2 aromatic carbocycles. The number of nitrogens with zero attached hydrogens (tertiary/aromatic N) is 3. The van der Waals surface area contributed by atoms with Crippen LogP contribution in [0.15, 0.2) is 67.1 Å². The van der Waals surface area contributed by atoms with Gasteiger partial charge in [0.05, 0.1) is 11.9 Å². The van der Waals surface area contributed by atoms with Crippen LogP contribution in [0.4, 0.5) is 11.4 Å². The Hall–Kier alpha value is -3.25. The van der Waals surface area contributed by atoms with Gasteiger partial charge in [-0.3, -0.25) is 9.59 Å². The van der Waals surface area contributed by atoms with Gasteiger partial charge in [0, 0.05) is 37.7 Å². The monoisotopic (exact) mass is 422 g/mol. The Balaban J connectivity index is 1.79. The van der Waals surface area contributed by atoms with Gasteiger partial charge in [-0.15, -0.1) is 0 Å².